The third kappa shape index (κ3) is 3.59. The Kier molecular flexibility index (Phi) is 5.99. The molecule has 22 heavy (non-hydrogen) atoms. The number of hydrogen-bond donors (Lipinski definition) is 1. The van der Waals surface area contributed by atoms with E-state index in [4.69, 9.17) is 11.0 Å². The molecule has 118 valence electrons. The molecule has 0 aliphatic rings. The van der Waals surface area contributed by atoms with Crippen LogP contribution in [0.5, 0.6) is 0 Å². The van der Waals surface area contributed by atoms with E-state index in [2.05, 4.69) is 15.1 Å². The van der Waals surface area contributed by atoms with E-state index in [1.807, 2.05) is 6.07 Å². The van der Waals surface area contributed by atoms with E-state index in [9.17, 15) is 4.79 Å². The lowest BCUT2D eigenvalue weighted by Crippen LogP contribution is -2.26. The monoisotopic (exact) mass is 341 g/mol. The van der Waals surface area contributed by atoms with Gasteiger partial charge in [0.25, 0.3) is 5.91 Å². The van der Waals surface area contributed by atoms with Crippen molar-refractivity contribution in [1.29, 1.82) is 5.26 Å². The second-order valence-corrected chi connectivity index (χ2v) is 5.55. The maximum absolute atomic E-state index is 12.1. The number of halogens is 1. The smallest absolute Gasteiger partial charge is 0.266 e. The summed E-state index contributed by atoms with van der Waals surface area (Å²) in [7, 11) is 1.57. The van der Waals surface area contributed by atoms with E-state index in [1.165, 1.54) is 22.4 Å². The quantitative estimate of drug-likeness (QED) is 0.832. The van der Waals surface area contributed by atoms with Crippen molar-refractivity contribution >= 4 is 29.7 Å². The number of thiazole rings is 1. The Morgan fingerprint density at radius 3 is 2.91 bits per heavy atom. The Hall–Kier alpha value is -2.02. The zero-order valence-electron chi connectivity index (χ0n) is 12.3. The number of carbonyl (C=O) groups is 1. The van der Waals surface area contributed by atoms with Gasteiger partial charge in [0.1, 0.15) is 17.2 Å². The fourth-order valence-corrected chi connectivity index (χ4v) is 2.57. The molecule has 2 heterocycles. The van der Waals surface area contributed by atoms with Crippen molar-refractivity contribution in [2.75, 3.05) is 13.6 Å². The van der Waals surface area contributed by atoms with Crippen LogP contribution >= 0.6 is 23.7 Å². The topological polar surface area (TPSA) is 114 Å². The highest BCUT2D eigenvalue weighted by Gasteiger charge is 2.19. The van der Waals surface area contributed by atoms with E-state index in [0.717, 1.165) is 0 Å². The molecule has 10 heteroatoms. The standard InChI is InChI=1S/C12H15N7OS.ClH/c1-7(14)10-16-8(2)17-19(10)12-15-6-9(21-12)11(20)18(3)5-4-13;/h6-7H,5,14H2,1-3H3;1H/t7-;/m0./s1. The minimum Gasteiger partial charge on any atom is -0.328 e. The predicted octanol–water partition coefficient (Wildman–Crippen LogP) is 1.07. The molecule has 0 aliphatic carbocycles. The SMILES string of the molecule is Cc1nc([C@H](C)N)n(-c2ncc(C(=O)N(C)CC#N)s2)n1.Cl. The molecule has 0 aliphatic heterocycles. The first-order valence-corrected chi connectivity index (χ1v) is 7.03. The molecule has 2 rings (SSSR count). The third-order valence-corrected chi connectivity index (χ3v) is 3.65. The third-order valence-electron chi connectivity index (χ3n) is 2.69. The highest BCUT2D eigenvalue weighted by Crippen LogP contribution is 2.21. The van der Waals surface area contributed by atoms with Crippen LogP contribution in [0.2, 0.25) is 0 Å². The molecule has 2 aromatic heterocycles. The molecule has 2 aromatic rings. The van der Waals surface area contributed by atoms with Crippen molar-refractivity contribution in [3.63, 3.8) is 0 Å². The highest BCUT2D eigenvalue weighted by atomic mass is 35.5. The van der Waals surface area contributed by atoms with Gasteiger partial charge in [0.15, 0.2) is 5.82 Å². The van der Waals surface area contributed by atoms with Gasteiger partial charge in [0.05, 0.1) is 18.3 Å². The summed E-state index contributed by atoms with van der Waals surface area (Å²) in [6.45, 7) is 3.60. The molecule has 1 amide bonds. The summed E-state index contributed by atoms with van der Waals surface area (Å²) in [5.41, 5.74) is 5.86. The summed E-state index contributed by atoms with van der Waals surface area (Å²) in [5.74, 6) is 0.928. The van der Waals surface area contributed by atoms with Crippen LogP contribution in [-0.4, -0.2) is 44.1 Å². The van der Waals surface area contributed by atoms with E-state index in [0.29, 0.717) is 21.7 Å². The first-order valence-electron chi connectivity index (χ1n) is 6.21. The van der Waals surface area contributed by atoms with E-state index in [-0.39, 0.29) is 30.9 Å². The van der Waals surface area contributed by atoms with Crippen LogP contribution in [0.25, 0.3) is 5.13 Å². The number of nitrogens with zero attached hydrogens (tertiary/aromatic N) is 6. The fraction of sp³-hybridized carbons (Fsp3) is 0.417. The van der Waals surface area contributed by atoms with Gasteiger partial charge in [-0.25, -0.2) is 9.97 Å². The molecule has 2 N–H and O–H groups in total. The van der Waals surface area contributed by atoms with Gasteiger partial charge in [-0.05, 0) is 13.8 Å². The van der Waals surface area contributed by atoms with Crippen molar-refractivity contribution in [2.24, 2.45) is 5.73 Å². The van der Waals surface area contributed by atoms with Crippen LogP contribution in [0.15, 0.2) is 6.20 Å². The lowest BCUT2D eigenvalue weighted by molar-refractivity contribution is 0.0816. The molecular formula is C12H16ClN7OS. The molecule has 0 fully saturated rings. The number of nitriles is 1. The molecule has 0 saturated heterocycles. The summed E-state index contributed by atoms with van der Waals surface area (Å²) < 4.78 is 1.55. The fourth-order valence-electron chi connectivity index (χ4n) is 1.69. The summed E-state index contributed by atoms with van der Waals surface area (Å²) in [5, 5.41) is 13.4. The minimum atomic E-state index is -0.296. The van der Waals surface area contributed by atoms with Crippen LogP contribution < -0.4 is 5.73 Å². The van der Waals surface area contributed by atoms with Crippen molar-refractivity contribution in [1.82, 2.24) is 24.6 Å². The normalized spacial score (nSPS) is 11.4. The summed E-state index contributed by atoms with van der Waals surface area (Å²) in [6, 6.07) is 1.63. The average molecular weight is 342 g/mol. The van der Waals surface area contributed by atoms with Crippen molar-refractivity contribution in [3.05, 3.63) is 22.7 Å². The van der Waals surface area contributed by atoms with Gasteiger partial charge in [-0.2, -0.15) is 9.94 Å². The molecule has 0 aromatic carbocycles. The van der Waals surface area contributed by atoms with Crippen LogP contribution in [0.3, 0.4) is 0 Å². The second-order valence-electron chi connectivity index (χ2n) is 4.54. The van der Waals surface area contributed by atoms with Crippen molar-refractivity contribution in [3.8, 4) is 11.2 Å². The number of amides is 1. The number of nitrogens with two attached hydrogens (primary N) is 1. The highest BCUT2D eigenvalue weighted by molar-refractivity contribution is 7.16. The Balaban J connectivity index is 0.00000242. The maximum atomic E-state index is 12.1. The number of rotatable bonds is 4. The van der Waals surface area contributed by atoms with Crippen molar-refractivity contribution in [2.45, 2.75) is 19.9 Å². The number of carbonyl (C=O) groups excluding carboxylic acids is 1. The minimum absolute atomic E-state index is 0. The molecule has 0 bridgehead atoms. The van der Waals surface area contributed by atoms with Gasteiger partial charge in [0, 0.05) is 7.05 Å². The zero-order valence-corrected chi connectivity index (χ0v) is 14.0. The lowest BCUT2D eigenvalue weighted by atomic mass is 10.3. The largest absolute Gasteiger partial charge is 0.328 e. The first kappa shape index (κ1) is 18.0. The van der Waals surface area contributed by atoms with Gasteiger partial charge < -0.3 is 10.6 Å². The van der Waals surface area contributed by atoms with Gasteiger partial charge in [-0.1, -0.05) is 11.3 Å². The van der Waals surface area contributed by atoms with Crippen LogP contribution in [0.1, 0.15) is 34.3 Å². The summed E-state index contributed by atoms with van der Waals surface area (Å²) in [4.78, 5) is 22.3. The molecule has 0 saturated carbocycles. The molecular weight excluding hydrogens is 326 g/mol. The number of hydrogen-bond acceptors (Lipinski definition) is 7. The van der Waals surface area contributed by atoms with E-state index in [1.54, 1.807) is 25.6 Å². The molecule has 0 unspecified atom stereocenters. The number of aromatic nitrogens is 4. The Morgan fingerprint density at radius 2 is 2.32 bits per heavy atom. The molecule has 1 atom stereocenters. The van der Waals surface area contributed by atoms with Crippen molar-refractivity contribution < 1.29 is 4.79 Å². The van der Waals surface area contributed by atoms with Crippen LogP contribution in [0, 0.1) is 18.3 Å². The summed E-state index contributed by atoms with van der Waals surface area (Å²) in [6.07, 6.45) is 1.47. The molecule has 0 radical (unpaired) electrons. The second kappa shape index (κ2) is 7.31. The van der Waals surface area contributed by atoms with Gasteiger partial charge in [-0.3, -0.25) is 4.79 Å². The Morgan fingerprint density at radius 1 is 1.64 bits per heavy atom. The van der Waals surface area contributed by atoms with Gasteiger partial charge in [0.2, 0.25) is 5.13 Å². The summed E-state index contributed by atoms with van der Waals surface area (Å²) >= 11 is 1.19. The Labute approximate surface area is 138 Å². The first-order chi connectivity index (χ1) is 9.93. The Bertz CT molecular complexity index is 703. The van der Waals surface area contributed by atoms with Crippen LogP contribution in [-0.2, 0) is 0 Å². The predicted molar refractivity (Wildman–Crippen MR) is 84.2 cm³/mol. The molecule has 0 spiro atoms. The lowest BCUT2D eigenvalue weighted by Gasteiger charge is -2.10. The van der Waals surface area contributed by atoms with Crippen LogP contribution in [0.4, 0.5) is 0 Å². The molecule has 8 nitrogen and oxygen atoms in total. The maximum Gasteiger partial charge on any atom is 0.266 e. The van der Waals surface area contributed by atoms with E-state index >= 15 is 0 Å². The number of aryl methyl sites for hydroxylation is 1. The zero-order chi connectivity index (χ0) is 15.6. The van der Waals surface area contributed by atoms with E-state index < -0.39 is 0 Å². The van der Waals surface area contributed by atoms with Gasteiger partial charge in [-0.15, -0.1) is 17.5 Å². The van der Waals surface area contributed by atoms with Gasteiger partial charge >= 0.3 is 0 Å². The average Bonchev–Trinajstić information content (AvgIpc) is 3.04.